The second kappa shape index (κ2) is 10.8. The Morgan fingerprint density at radius 1 is 1.33 bits per heavy atom. The highest BCUT2D eigenvalue weighted by Gasteiger charge is 2.17. The smallest absolute Gasteiger partial charge is 0.325 e. The fourth-order valence-electron chi connectivity index (χ4n) is 2.94. The molecule has 0 aliphatic carbocycles. The molecule has 3 heterocycles. The second-order valence-corrected chi connectivity index (χ2v) is 9.35. The molecule has 30 heavy (non-hydrogen) atoms. The molecule has 2 aromatic heterocycles. The molecule has 11 heteroatoms. The molecule has 0 spiro atoms. The number of aryl methyl sites for hydroxylation is 2. The first-order chi connectivity index (χ1) is 14.5. The van der Waals surface area contributed by atoms with E-state index in [4.69, 9.17) is 9.26 Å². The fourth-order valence-corrected chi connectivity index (χ4v) is 4.55. The summed E-state index contributed by atoms with van der Waals surface area (Å²) in [5.74, 6) is 3.70. The van der Waals surface area contributed by atoms with Crippen LogP contribution in [0.2, 0.25) is 0 Å². The van der Waals surface area contributed by atoms with Crippen molar-refractivity contribution >= 4 is 40.1 Å². The van der Waals surface area contributed by atoms with Crippen LogP contribution in [0.15, 0.2) is 21.7 Å². The number of hydrogen-bond donors (Lipinski definition) is 2. The van der Waals surface area contributed by atoms with E-state index < -0.39 is 16.8 Å². The number of amides is 2. The predicted octanol–water partition coefficient (Wildman–Crippen LogP) is 2.75. The molecule has 1 unspecified atom stereocenters. The van der Waals surface area contributed by atoms with Crippen molar-refractivity contribution in [1.82, 2.24) is 15.0 Å². The SMILES string of the molecule is CCc1cc(NC(=O)Nc2cc(C)c(OCCN3CCSCC3)nc2S(C)=O)no1. The zero-order valence-corrected chi connectivity index (χ0v) is 19.0. The summed E-state index contributed by atoms with van der Waals surface area (Å²) in [5, 5.41) is 9.33. The molecule has 0 aromatic carbocycles. The summed E-state index contributed by atoms with van der Waals surface area (Å²) in [5.41, 5.74) is 1.12. The molecule has 0 radical (unpaired) electrons. The molecule has 0 saturated carbocycles. The van der Waals surface area contributed by atoms with Crippen molar-refractivity contribution in [2.24, 2.45) is 0 Å². The van der Waals surface area contributed by atoms with Crippen molar-refractivity contribution in [1.29, 1.82) is 0 Å². The number of nitrogens with zero attached hydrogens (tertiary/aromatic N) is 3. The van der Waals surface area contributed by atoms with Crippen LogP contribution >= 0.6 is 11.8 Å². The van der Waals surface area contributed by atoms with Gasteiger partial charge in [-0.3, -0.25) is 14.4 Å². The van der Waals surface area contributed by atoms with Gasteiger partial charge in [0.2, 0.25) is 5.88 Å². The van der Waals surface area contributed by atoms with Crippen LogP contribution in [0.1, 0.15) is 18.2 Å². The number of urea groups is 1. The minimum atomic E-state index is -1.41. The Morgan fingerprint density at radius 2 is 2.10 bits per heavy atom. The van der Waals surface area contributed by atoms with Gasteiger partial charge in [-0.1, -0.05) is 12.1 Å². The normalized spacial score (nSPS) is 15.6. The number of nitrogens with one attached hydrogen (secondary N) is 2. The quantitative estimate of drug-likeness (QED) is 0.628. The third kappa shape index (κ3) is 6.19. The Hall–Kier alpha value is -2.11. The predicted molar refractivity (Wildman–Crippen MR) is 119 cm³/mol. The molecule has 164 valence electrons. The Labute approximate surface area is 182 Å². The third-order valence-corrected chi connectivity index (χ3v) is 6.35. The highest BCUT2D eigenvalue weighted by atomic mass is 32.2. The van der Waals surface area contributed by atoms with E-state index >= 15 is 0 Å². The van der Waals surface area contributed by atoms with Crippen LogP contribution in [-0.2, 0) is 17.2 Å². The topological polar surface area (TPSA) is 110 Å². The van der Waals surface area contributed by atoms with Gasteiger partial charge in [-0.15, -0.1) is 0 Å². The molecule has 3 rings (SSSR count). The fraction of sp³-hybridized carbons (Fsp3) is 0.526. The maximum Gasteiger partial charge on any atom is 0.325 e. The molecular formula is C19H27N5O4S2. The van der Waals surface area contributed by atoms with E-state index in [2.05, 4.69) is 25.7 Å². The van der Waals surface area contributed by atoms with Gasteiger partial charge in [-0.25, -0.2) is 9.78 Å². The highest BCUT2D eigenvalue weighted by Crippen LogP contribution is 2.25. The lowest BCUT2D eigenvalue weighted by molar-refractivity contribution is 0.216. The van der Waals surface area contributed by atoms with Crippen molar-refractivity contribution in [3.63, 3.8) is 0 Å². The van der Waals surface area contributed by atoms with Crippen LogP contribution in [0.4, 0.5) is 16.3 Å². The molecule has 0 bridgehead atoms. The lowest BCUT2D eigenvalue weighted by Crippen LogP contribution is -2.35. The number of ether oxygens (including phenoxy) is 1. The largest absolute Gasteiger partial charge is 0.476 e. The highest BCUT2D eigenvalue weighted by molar-refractivity contribution is 7.99. The number of carbonyl (C=O) groups excluding carboxylic acids is 1. The van der Waals surface area contributed by atoms with Crippen molar-refractivity contribution < 1.29 is 18.3 Å². The van der Waals surface area contributed by atoms with Crippen LogP contribution in [-0.4, -0.2) is 69.3 Å². The number of carbonyl (C=O) groups is 1. The van der Waals surface area contributed by atoms with Gasteiger partial charge in [0.1, 0.15) is 12.4 Å². The van der Waals surface area contributed by atoms with Gasteiger partial charge in [0.15, 0.2) is 10.8 Å². The maximum absolute atomic E-state index is 12.3. The van der Waals surface area contributed by atoms with E-state index in [0.29, 0.717) is 36.2 Å². The third-order valence-electron chi connectivity index (χ3n) is 4.55. The van der Waals surface area contributed by atoms with Crippen LogP contribution in [0, 0.1) is 6.92 Å². The van der Waals surface area contributed by atoms with E-state index in [1.165, 1.54) is 6.26 Å². The second-order valence-electron chi connectivity index (χ2n) is 6.83. The summed E-state index contributed by atoms with van der Waals surface area (Å²) in [7, 11) is -1.41. The molecule has 1 aliphatic rings. The number of rotatable bonds is 8. The van der Waals surface area contributed by atoms with Crippen LogP contribution in [0.25, 0.3) is 0 Å². The molecule has 2 amide bonds. The van der Waals surface area contributed by atoms with E-state index in [0.717, 1.165) is 36.7 Å². The minimum Gasteiger partial charge on any atom is -0.476 e. The summed E-state index contributed by atoms with van der Waals surface area (Å²) in [6.45, 7) is 7.23. The average Bonchev–Trinajstić information content (AvgIpc) is 3.17. The Bertz CT molecular complexity index is 899. The van der Waals surface area contributed by atoms with Gasteiger partial charge in [0, 0.05) is 55.4 Å². The molecular weight excluding hydrogens is 426 g/mol. The van der Waals surface area contributed by atoms with E-state index in [-0.39, 0.29) is 5.03 Å². The molecule has 1 atom stereocenters. The van der Waals surface area contributed by atoms with Crippen LogP contribution in [0.5, 0.6) is 5.88 Å². The van der Waals surface area contributed by atoms with Gasteiger partial charge in [0.25, 0.3) is 0 Å². The molecule has 9 nitrogen and oxygen atoms in total. The van der Waals surface area contributed by atoms with Crippen LogP contribution < -0.4 is 15.4 Å². The Morgan fingerprint density at radius 3 is 2.77 bits per heavy atom. The number of hydrogen-bond acceptors (Lipinski definition) is 8. The first kappa shape index (κ1) is 22.6. The lowest BCUT2D eigenvalue weighted by atomic mass is 10.3. The zero-order chi connectivity index (χ0) is 21.5. The Kier molecular flexibility index (Phi) is 8.11. The summed E-state index contributed by atoms with van der Waals surface area (Å²) in [6.07, 6.45) is 2.19. The van der Waals surface area contributed by atoms with Gasteiger partial charge < -0.3 is 14.6 Å². The van der Waals surface area contributed by atoms with E-state index in [9.17, 15) is 9.00 Å². The minimum absolute atomic E-state index is 0.259. The number of thioether (sulfide) groups is 1. The van der Waals surface area contributed by atoms with Crippen molar-refractivity contribution in [2.75, 3.05) is 54.6 Å². The molecule has 1 fully saturated rings. The van der Waals surface area contributed by atoms with E-state index in [1.807, 2.05) is 25.6 Å². The molecule has 1 saturated heterocycles. The molecule has 2 N–H and O–H groups in total. The first-order valence-corrected chi connectivity index (χ1v) is 12.5. The monoisotopic (exact) mass is 453 g/mol. The van der Waals surface area contributed by atoms with Crippen molar-refractivity contribution in [3.8, 4) is 5.88 Å². The summed E-state index contributed by atoms with van der Waals surface area (Å²) >= 11 is 1.97. The average molecular weight is 454 g/mol. The van der Waals surface area contributed by atoms with Gasteiger partial charge >= 0.3 is 6.03 Å². The summed E-state index contributed by atoms with van der Waals surface area (Å²) in [6, 6.07) is 2.85. The number of aromatic nitrogens is 2. The van der Waals surface area contributed by atoms with Crippen molar-refractivity contribution in [2.45, 2.75) is 25.3 Å². The lowest BCUT2D eigenvalue weighted by Gasteiger charge is -2.26. The van der Waals surface area contributed by atoms with E-state index in [1.54, 1.807) is 12.1 Å². The maximum atomic E-state index is 12.3. The Balaban J connectivity index is 1.64. The van der Waals surface area contributed by atoms with Gasteiger partial charge in [-0.05, 0) is 13.0 Å². The zero-order valence-electron chi connectivity index (χ0n) is 17.4. The number of pyridine rings is 1. The van der Waals surface area contributed by atoms with Crippen molar-refractivity contribution in [3.05, 3.63) is 23.5 Å². The van der Waals surface area contributed by atoms with Crippen LogP contribution in [0.3, 0.4) is 0 Å². The summed E-state index contributed by atoms with van der Waals surface area (Å²) in [4.78, 5) is 19.1. The molecule has 1 aliphatic heterocycles. The van der Waals surface area contributed by atoms with Gasteiger partial charge in [-0.2, -0.15) is 11.8 Å². The van der Waals surface area contributed by atoms with Gasteiger partial charge in [0.05, 0.1) is 16.5 Å². The standard InChI is InChI=1S/C19H27N5O4S2/c1-4-14-12-16(23-28-14)21-19(25)20-15-11-13(2)17(22-18(15)30(3)26)27-8-5-24-6-9-29-10-7-24/h11-12H,4-10H2,1-3H3,(H2,20,21,23,25). The molecule has 2 aromatic rings. The summed E-state index contributed by atoms with van der Waals surface area (Å²) < 4.78 is 23.1. The number of anilines is 2. The first-order valence-electron chi connectivity index (χ1n) is 9.77.